The molecule has 1 aromatic rings. The van der Waals surface area contributed by atoms with Crippen LogP contribution in [0.5, 0.6) is 5.88 Å². The van der Waals surface area contributed by atoms with Crippen LogP contribution >= 0.6 is 0 Å². The highest BCUT2D eigenvalue weighted by Gasteiger charge is 2.16. The molecule has 2 rings (SSSR count). The van der Waals surface area contributed by atoms with Crippen molar-refractivity contribution in [1.82, 2.24) is 9.97 Å². The minimum atomic E-state index is 0.500. The Morgan fingerprint density at radius 3 is 2.48 bits per heavy atom. The van der Waals surface area contributed by atoms with Gasteiger partial charge in [0.2, 0.25) is 5.88 Å². The number of aromatic nitrogens is 2. The average Bonchev–Trinajstić information content (AvgIpc) is 2.88. The second-order valence-electron chi connectivity index (χ2n) is 6.94. The van der Waals surface area contributed by atoms with Crippen molar-refractivity contribution in [3.05, 3.63) is 11.9 Å². The van der Waals surface area contributed by atoms with E-state index in [1.54, 1.807) is 0 Å². The molecular formula is C17H29N3O. The summed E-state index contributed by atoms with van der Waals surface area (Å²) in [5, 5.41) is 3.55. The molecule has 1 aliphatic carbocycles. The molecule has 4 heteroatoms. The van der Waals surface area contributed by atoms with E-state index in [0.29, 0.717) is 30.4 Å². The Labute approximate surface area is 128 Å². The normalized spacial score (nSPS) is 15.9. The van der Waals surface area contributed by atoms with E-state index in [2.05, 4.69) is 43.0 Å². The van der Waals surface area contributed by atoms with Gasteiger partial charge in [-0.2, -0.15) is 4.98 Å². The van der Waals surface area contributed by atoms with Crippen molar-refractivity contribution in [3.8, 4) is 5.88 Å². The number of hydrogen-bond acceptors (Lipinski definition) is 4. The number of hydrogen-bond donors (Lipinski definition) is 1. The lowest BCUT2D eigenvalue weighted by molar-refractivity contribution is 0.260. The summed E-state index contributed by atoms with van der Waals surface area (Å²) in [6.07, 6.45) is 6.01. The third kappa shape index (κ3) is 5.52. The lowest BCUT2D eigenvalue weighted by Gasteiger charge is -2.16. The fourth-order valence-corrected chi connectivity index (χ4v) is 2.61. The van der Waals surface area contributed by atoms with Gasteiger partial charge in [0.25, 0.3) is 0 Å². The van der Waals surface area contributed by atoms with Gasteiger partial charge in [-0.05, 0) is 24.7 Å². The van der Waals surface area contributed by atoms with E-state index < -0.39 is 0 Å². The molecule has 118 valence electrons. The number of rotatable bonds is 7. The first-order valence-electron chi connectivity index (χ1n) is 8.30. The number of anilines is 1. The summed E-state index contributed by atoms with van der Waals surface area (Å²) in [6.45, 7) is 9.37. The average molecular weight is 291 g/mol. The van der Waals surface area contributed by atoms with Crippen LogP contribution in [0, 0.1) is 11.8 Å². The molecule has 1 N–H and O–H groups in total. The van der Waals surface area contributed by atoms with Crippen LogP contribution in [-0.4, -0.2) is 22.6 Å². The number of ether oxygens (including phenoxy) is 1. The van der Waals surface area contributed by atoms with E-state index in [9.17, 15) is 0 Å². The Hall–Kier alpha value is -1.32. The molecule has 1 fully saturated rings. The minimum absolute atomic E-state index is 0.500. The third-order valence-corrected chi connectivity index (χ3v) is 3.61. The fraction of sp³-hybridized carbons (Fsp3) is 0.765. The van der Waals surface area contributed by atoms with Crippen LogP contribution < -0.4 is 10.1 Å². The molecule has 4 nitrogen and oxygen atoms in total. The molecular weight excluding hydrogens is 262 g/mol. The maximum absolute atomic E-state index is 5.80. The van der Waals surface area contributed by atoms with Gasteiger partial charge < -0.3 is 10.1 Å². The molecule has 0 bridgehead atoms. The molecule has 1 saturated carbocycles. The lowest BCUT2D eigenvalue weighted by atomic mass is 10.1. The highest BCUT2D eigenvalue weighted by Crippen LogP contribution is 2.23. The molecule has 0 radical (unpaired) electrons. The van der Waals surface area contributed by atoms with Gasteiger partial charge in [0.15, 0.2) is 0 Å². The standard InChI is InChI=1S/C17H29N3O/c1-12(2)9-15-19-16(18-14-7-5-6-8-14)10-17(20-15)21-11-13(3)4/h10,12-14H,5-9,11H2,1-4H3,(H,18,19,20). The molecule has 0 aliphatic heterocycles. The molecule has 1 aromatic heterocycles. The predicted molar refractivity (Wildman–Crippen MR) is 86.8 cm³/mol. The van der Waals surface area contributed by atoms with E-state index >= 15 is 0 Å². The zero-order chi connectivity index (χ0) is 15.2. The summed E-state index contributed by atoms with van der Waals surface area (Å²) in [6, 6.07) is 2.51. The topological polar surface area (TPSA) is 47.0 Å². The lowest BCUT2D eigenvalue weighted by Crippen LogP contribution is -2.17. The van der Waals surface area contributed by atoms with E-state index in [4.69, 9.17) is 4.74 Å². The van der Waals surface area contributed by atoms with Crippen LogP contribution in [0.25, 0.3) is 0 Å². The fourth-order valence-electron chi connectivity index (χ4n) is 2.61. The van der Waals surface area contributed by atoms with Crippen molar-refractivity contribution in [1.29, 1.82) is 0 Å². The Balaban J connectivity index is 2.10. The van der Waals surface area contributed by atoms with Crippen LogP contribution in [0.15, 0.2) is 6.07 Å². The highest BCUT2D eigenvalue weighted by atomic mass is 16.5. The molecule has 0 aromatic carbocycles. The highest BCUT2D eigenvalue weighted by molar-refractivity contribution is 5.39. The van der Waals surface area contributed by atoms with Crippen LogP contribution in [0.4, 0.5) is 5.82 Å². The van der Waals surface area contributed by atoms with Gasteiger partial charge in [-0.1, -0.05) is 40.5 Å². The van der Waals surface area contributed by atoms with Gasteiger partial charge in [-0.25, -0.2) is 4.98 Å². The van der Waals surface area contributed by atoms with Crippen LogP contribution in [-0.2, 0) is 6.42 Å². The van der Waals surface area contributed by atoms with Crippen LogP contribution in [0.2, 0.25) is 0 Å². The summed E-state index contributed by atoms with van der Waals surface area (Å²) in [5.41, 5.74) is 0. The quantitative estimate of drug-likeness (QED) is 0.823. The SMILES string of the molecule is CC(C)COc1cc(NC2CCCC2)nc(CC(C)C)n1. The molecule has 0 atom stereocenters. The van der Waals surface area contributed by atoms with E-state index in [1.165, 1.54) is 25.7 Å². The van der Waals surface area contributed by atoms with E-state index in [0.717, 1.165) is 18.1 Å². The van der Waals surface area contributed by atoms with Crippen molar-refractivity contribution in [2.45, 2.75) is 65.8 Å². The van der Waals surface area contributed by atoms with Gasteiger partial charge in [0.1, 0.15) is 11.6 Å². The second-order valence-corrected chi connectivity index (χ2v) is 6.94. The predicted octanol–water partition coefficient (Wildman–Crippen LogP) is 4.06. The second kappa shape index (κ2) is 7.62. The molecule has 1 aliphatic rings. The number of nitrogens with zero attached hydrogens (tertiary/aromatic N) is 2. The van der Waals surface area contributed by atoms with Crippen molar-refractivity contribution < 1.29 is 4.74 Å². The number of nitrogens with one attached hydrogen (secondary N) is 1. The first kappa shape index (κ1) is 16.1. The Morgan fingerprint density at radius 1 is 1.14 bits per heavy atom. The van der Waals surface area contributed by atoms with Crippen LogP contribution in [0.3, 0.4) is 0 Å². The third-order valence-electron chi connectivity index (χ3n) is 3.61. The first-order valence-corrected chi connectivity index (χ1v) is 8.30. The monoisotopic (exact) mass is 291 g/mol. The minimum Gasteiger partial charge on any atom is -0.477 e. The van der Waals surface area contributed by atoms with Crippen molar-refractivity contribution >= 4 is 5.82 Å². The van der Waals surface area contributed by atoms with Gasteiger partial charge >= 0.3 is 0 Å². The van der Waals surface area contributed by atoms with E-state index in [1.807, 2.05) is 6.07 Å². The smallest absolute Gasteiger partial charge is 0.218 e. The van der Waals surface area contributed by atoms with Crippen LogP contribution in [0.1, 0.15) is 59.2 Å². The van der Waals surface area contributed by atoms with Crippen molar-refractivity contribution in [2.24, 2.45) is 11.8 Å². The van der Waals surface area contributed by atoms with Gasteiger partial charge in [0.05, 0.1) is 6.61 Å². The Morgan fingerprint density at radius 2 is 1.86 bits per heavy atom. The van der Waals surface area contributed by atoms with E-state index in [-0.39, 0.29) is 0 Å². The molecule has 1 heterocycles. The first-order chi connectivity index (χ1) is 10.0. The molecule has 0 unspecified atom stereocenters. The zero-order valence-electron chi connectivity index (χ0n) is 13.9. The largest absolute Gasteiger partial charge is 0.477 e. The van der Waals surface area contributed by atoms with Crippen molar-refractivity contribution in [3.63, 3.8) is 0 Å². The molecule has 0 amide bonds. The van der Waals surface area contributed by atoms with Gasteiger partial charge in [-0.15, -0.1) is 0 Å². The Bertz CT molecular complexity index is 440. The molecule has 21 heavy (non-hydrogen) atoms. The van der Waals surface area contributed by atoms with Gasteiger partial charge in [-0.3, -0.25) is 0 Å². The maximum atomic E-state index is 5.80. The van der Waals surface area contributed by atoms with Gasteiger partial charge in [0, 0.05) is 18.5 Å². The summed E-state index contributed by atoms with van der Waals surface area (Å²) >= 11 is 0. The zero-order valence-corrected chi connectivity index (χ0v) is 13.9. The summed E-state index contributed by atoms with van der Waals surface area (Å²) < 4.78 is 5.80. The summed E-state index contributed by atoms with van der Waals surface area (Å²) in [7, 11) is 0. The maximum Gasteiger partial charge on any atom is 0.218 e. The molecule has 0 spiro atoms. The summed E-state index contributed by atoms with van der Waals surface area (Å²) in [5.74, 6) is 3.55. The van der Waals surface area contributed by atoms with Crippen molar-refractivity contribution in [2.75, 3.05) is 11.9 Å². The molecule has 0 saturated heterocycles. The Kier molecular flexibility index (Phi) is 5.83. The summed E-state index contributed by atoms with van der Waals surface area (Å²) in [4.78, 5) is 9.21.